The summed E-state index contributed by atoms with van der Waals surface area (Å²) >= 11 is 0. The van der Waals surface area contributed by atoms with Crippen LogP contribution in [0.2, 0.25) is 0 Å². The van der Waals surface area contributed by atoms with Gasteiger partial charge in [-0.15, -0.1) is 0 Å². The molecule has 1 atom stereocenters. The Morgan fingerprint density at radius 1 is 1.03 bits per heavy atom. The molecule has 0 fully saturated rings. The van der Waals surface area contributed by atoms with Gasteiger partial charge in [0.05, 0.1) is 28.1 Å². The second-order valence-corrected chi connectivity index (χ2v) is 9.01. The monoisotopic (exact) mass is 557 g/mol. The molecule has 6 nitrogen and oxygen atoms in total. The van der Waals surface area contributed by atoms with E-state index in [0.29, 0.717) is 29.5 Å². The Balaban J connectivity index is 2.23. The number of rotatable bonds is 10. The van der Waals surface area contributed by atoms with Crippen molar-refractivity contribution in [3.05, 3.63) is 75.3 Å². The number of amides is 1. The van der Waals surface area contributed by atoms with Gasteiger partial charge in [-0.1, -0.05) is 26.0 Å². The van der Waals surface area contributed by atoms with Crippen LogP contribution in [0.3, 0.4) is 0 Å². The fraction of sp³-hybridized carbons (Fsp3) is 0.444. The first-order valence-corrected chi connectivity index (χ1v) is 12.4. The number of para-hydroxylation sites is 1. The molecular weight excluding hydrogens is 528 g/mol. The average Bonchev–Trinajstić information content (AvgIpc) is 2.88. The van der Waals surface area contributed by atoms with Gasteiger partial charge in [0.1, 0.15) is 5.82 Å². The van der Waals surface area contributed by atoms with E-state index >= 15 is 0 Å². The maximum absolute atomic E-state index is 13.7. The lowest BCUT2D eigenvalue weighted by Gasteiger charge is -2.33. The smallest absolute Gasteiger partial charge is 0.385 e. The molecule has 0 aliphatic carbocycles. The molecule has 0 aliphatic rings. The zero-order valence-corrected chi connectivity index (χ0v) is 21.7. The number of hydrogen-bond donors (Lipinski definition) is 0. The number of fused-ring (bicyclic) bond motifs is 1. The van der Waals surface area contributed by atoms with Crippen LogP contribution < -0.4 is 5.56 Å². The number of carbonyl (C=O) groups excluding carboxylic acids is 1. The topological polar surface area (TPSA) is 64.4 Å². The SMILES string of the molecule is CCCn1c(C(CC)N(CCCOC)C(=O)c2cc(C(F)(F)F)cc(C(F)(F)F)c2)nc2ccccc2c1=O. The lowest BCUT2D eigenvalue weighted by atomic mass is 10.0. The number of hydrogen-bond acceptors (Lipinski definition) is 4. The Morgan fingerprint density at radius 3 is 2.18 bits per heavy atom. The second-order valence-electron chi connectivity index (χ2n) is 9.01. The number of halogens is 6. The number of ether oxygens (including phenoxy) is 1. The van der Waals surface area contributed by atoms with Gasteiger partial charge >= 0.3 is 12.4 Å². The number of methoxy groups -OCH3 is 1. The van der Waals surface area contributed by atoms with Crippen LogP contribution in [0, 0.1) is 0 Å². The Kier molecular flexibility index (Phi) is 9.42. The largest absolute Gasteiger partial charge is 0.416 e. The van der Waals surface area contributed by atoms with E-state index < -0.39 is 41.0 Å². The summed E-state index contributed by atoms with van der Waals surface area (Å²) in [6.45, 7) is 3.92. The van der Waals surface area contributed by atoms with Crippen LogP contribution in [0.5, 0.6) is 0 Å². The van der Waals surface area contributed by atoms with Gasteiger partial charge in [-0.3, -0.25) is 14.2 Å². The third kappa shape index (κ3) is 6.78. The molecule has 3 rings (SSSR count). The quantitative estimate of drug-likeness (QED) is 0.212. The summed E-state index contributed by atoms with van der Waals surface area (Å²) in [6.07, 6.45) is -9.23. The van der Waals surface area contributed by atoms with Crippen molar-refractivity contribution >= 4 is 16.8 Å². The molecule has 12 heteroatoms. The van der Waals surface area contributed by atoms with Gasteiger partial charge in [0.2, 0.25) is 0 Å². The summed E-state index contributed by atoms with van der Waals surface area (Å²) in [4.78, 5) is 32.9. The zero-order chi connectivity index (χ0) is 29.0. The van der Waals surface area contributed by atoms with Crippen molar-refractivity contribution in [1.29, 1.82) is 0 Å². The molecule has 39 heavy (non-hydrogen) atoms. The Bertz CT molecular complexity index is 1340. The molecule has 0 spiro atoms. The highest BCUT2D eigenvalue weighted by Crippen LogP contribution is 2.37. The summed E-state index contributed by atoms with van der Waals surface area (Å²) < 4.78 is 87.5. The van der Waals surface area contributed by atoms with E-state index in [9.17, 15) is 35.9 Å². The zero-order valence-electron chi connectivity index (χ0n) is 21.7. The molecule has 1 heterocycles. The van der Waals surface area contributed by atoms with Crippen molar-refractivity contribution in [2.75, 3.05) is 20.3 Å². The first kappa shape index (κ1) is 30.1. The van der Waals surface area contributed by atoms with Crippen LogP contribution in [-0.2, 0) is 23.6 Å². The Hall–Kier alpha value is -3.41. The molecular formula is C27H29F6N3O3. The van der Waals surface area contributed by atoms with Gasteiger partial charge in [0.15, 0.2) is 0 Å². The molecule has 3 aromatic rings. The summed E-state index contributed by atoms with van der Waals surface area (Å²) in [5.41, 5.74) is -3.92. The van der Waals surface area contributed by atoms with Crippen molar-refractivity contribution in [1.82, 2.24) is 14.5 Å². The van der Waals surface area contributed by atoms with E-state index in [1.54, 1.807) is 31.2 Å². The van der Waals surface area contributed by atoms with Crippen molar-refractivity contribution in [2.45, 2.75) is 58.0 Å². The van der Waals surface area contributed by atoms with Gasteiger partial charge in [0.25, 0.3) is 11.5 Å². The van der Waals surface area contributed by atoms with Gasteiger partial charge < -0.3 is 9.64 Å². The molecule has 1 unspecified atom stereocenters. The molecule has 0 N–H and O–H groups in total. The number of nitrogens with zero attached hydrogens (tertiary/aromatic N) is 3. The second kappa shape index (κ2) is 12.2. The van der Waals surface area contributed by atoms with Gasteiger partial charge in [-0.2, -0.15) is 26.3 Å². The van der Waals surface area contributed by atoms with Crippen LogP contribution in [0.25, 0.3) is 10.9 Å². The molecule has 0 aliphatic heterocycles. The third-order valence-corrected chi connectivity index (χ3v) is 6.24. The first-order chi connectivity index (χ1) is 18.3. The molecule has 0 bridgehead atoms. The Labute approximate surface area is 221 Å². The molecule has 0 saturated carbocycles. The van der Waals surface area contributed by atoms with E-state index in [2.05, 4.69) is 4.98 Å². The lowest BCUT2D eigenvalue weighted by molar-refractivity contribution is -0.143. The Morgan fingerprint density at radius 2 is 1.64 bits per heavy atom. The van der Waals surface area contributed by atoms with E-state index in [4.69, 9.17) is 4.74 Å². The van der Waals surface area contributed by atoms with Gasteiger partial charge in [-0.05, 0) is 49.6 Å². The van der Waals surface area contributed by atoms with Crippen molar-refractivity contribution < 1.29 is 35.9 Å². The summed E-state index contributed by atoms with van der Waals surface area (Å²) in [5, 5.41) is 0.356. The van der Waals surface area contributed by atoms with Crippen LogP contribution in [0.1, 0.15) is 66.5 Å². The van der Waals surface area contributed by atoms with Crippen molar-refractivity contribution in [3.63, 3.8) is 0 Å². The fourth-order valence-electron chi connectivity index (χ4n) is 4.44. The molecule has 1 amide bonds. The predicted octanol–water partition coefficient (Wildman–Crippen LogP) is 6.47. The van der Waals surface area contributed by atoms with Gasteiger partial charge in [-0.25, -0.2) is 4.98 Å². The maximum Gasteiger partial charge on any atom is 0.416 e. The third-order valence-electron chi connectivity index (χ3n) is 6.24. The first-order valence-electron chi connectivity index (χ1n) is 12.4. The predicted molar refractivity (Wildman–Crippen MR) is 133 cm³/mol. The molecule has 212 valence electrons. The van der Waals surface area contributed by atoms with E-state index in [0.717, 1.165) is 0 Å². The minimum Gasteiger partial charge on any atom is -0.385 e. The van der Waals surface area contributed by atoms with Gasteiger partial charge in [0, 0.05) is 32.4 Å². The van der Waals surface area contributed by atoms with Crippen LogP contribution >= 0.6 is 0 Å². The standard InChI is InChI=1S/C27H29F6N3O3/c1-4-11-36-23(34-21-10-7-6-9-20(21)25(36)38)22(5-2)35(12-8-13-39-3)24(37)17-14-18(26(28,29)30)16-19(15-17)27(31,32)33/h6-7,9-10,14-16,22H,4-5,8,11-13H2,1-3H3. The highest BCUT2D eigenvalue weighted by Gasteiger charge is 2.38. The summed E-state index contributed by atoms with van der Waals surface area (Å²) in [6, 6.07) is 6.51. The number of alkyl halides is 6. The van der Waals surface area contributed by atoms with Crippen molar-refractivity contribution in [3.8, 4) is 0 Å². The normalized spacial score (nSPS) is 13.1. The van der Waals surface area contributed by atoms with Crippen LogP contribution in [0.4, 0.5) is 26.3 Å². The summed E-state index contributed by atoms with van der Waals surface area (Å²) in [5.74, 6) is -0.836. The average molecular weight is 558 g/mol. The highest BCUT2D eigenvalue weighted by molar-refractivity contribution is 5.95. The van der Waals surface area contributed by atoms with Crippen LogP contribution in [-0.4, -0.2) is 40.6 Å². The number of benzene rings is 2. The number of aromatic nitrogens is 2. The molecule has 2 aromatic carbocycles. The fourth-order valence-corrected chi connectivity index (χ4v) is 4.44. The minimum absolute atomic E-state index is 0.0207. The van der Waals surface area contributed by atoms with E-state index in [1.165, 1.54) is 16.6 Å². The van der Waals surface area contributed by atoms with E-state index in [-0.39, 0.29) is 50.0 Å². The highest BCUT2D eigenvalue weighted by atomic mass is 19.4. The number of carbonyl (C=O) groups is 1. The summed E-state index contributed by atoms with van der Waals surface area (Å²) in [7, 11) is 1.43. The molecule has 0 radical (unpaired) electrons. The van der Waals surface area contributed by atoms with Crippen molar-refractivity contribution in [2.24, 2.45) is 0 Å². The molecule has 1 aromatic heterocycles. The van der Waals surface area contributed by atoms with Crippen LogP contribution in [0.15, 0.2) is 47.3 Å². The maximum atomic E-state index is 13.7. The van der Waals surface area contributed by atoms with E-state index in [1.807, 2.05) is 6.92 Å². The molecule has 0 saturated heterocycles. The lowest BCUT2D eigenvalue weighted by Crippen LogP contribution is -2.40. The minimum atomic E-state index is -5.11.